The van der Waals surface area contributed by atoms with Crippen molar-refractivity contribution < 1.29 is 14.6 Å². The van der Waals surface area contributed by atoms with Gasteiger partial charge in [-0.2, -0.15) is 0 Å². The average Bonchev–Trinajstić information content (AvgIpc) is 2.08. The molecule has 0 aliphatic heterocycles. The topological polar surface area (TPSA) is 46.5 Å². The van der Waals surface area contributed by atoms with Gasteiger partial charge < -0.3 is 9.84 Å². The van der Waals surface area contributed by atoms with Crippen molar-refractivity contribution in [3.63, 3.8) is 0 Å². The predicted molar refractivity (Wildman–Crippen MR) is 49.6 cm³/mol. The fourth-order valence-electron chi connectivity index (χ4n) is 1.71. The molecule has 0 aromatic carbocycles. The van der Waals surface area contributed by atoms with Crippen LogP contribution in [0.1, 0.15) is 39.5 Å². The molecule has 1 fully saturated rings. The highest BCUT2D eigenvalue weighted by Gasteiger charge is 2.22. The maximum atomic E-state index is 10.5. The van der Waals surface area contributed by atoms with Crippen molar-refractivity contribution in [1.29, 1.82) is 0 Å². The highest BCUT2D eigenvalue weighted by atomic mass is 16.5. The van der Waals surface area contributed by atoms with Gasteiger partial charge in [-0.15, -0.1) is 0 Å². The molecule has 1 aliphatic rings. The average molecular weight is 186 g/mol. The van der Waals surface area contributed by atoms with Crippen LogP contribution in [0.25, 0.3) is 0 Å². The Bertz CT molecular complexity index is 171. The number of ether oxygens (including phenoxy) is 1. The van der Waals surface area contributed by atoms with Crippen LogP contribution in [0.15, 0.2) is 0 Å². The molecule has 0 spiro atoms. The van der Waals surface area contributed by atoms with E-state index < -0.39 is 12.1 Å². The van der Waals surface area contributed by atoms with Crippen LogP contribution in [0.2, 0.25) is 0 Å². The van der Waals surface area contributed by atoms with E-state index in [2.05, 4.69) is 6.92 Å². The molecule has 0 unspecified atom stereocenters. The Hall–Kier alpha value is -0.570. The second kappa shape index (κ2) is 4.61. The van der Waals surface area contributed by atoms with E-state index in [0.717, 1.165) is 31.6 Å². The van der Waals surface area contributed by atoms with Crippen LogP contribution >= 0.6 is 0 Å². The number of rotatable bonds is 3. The number of hydrogen-bond donors (Lipinski definition) is 1. The first-order valence-electron chi connectivity index (χ1n) is 4.98. The molecule has 0 aromatic heterocycles. The molecule has 0 saturated heterocycles. The standard InChI is InChI=1S/C10H18O3/c1-7-3-5-9(6-4-7)13-8(2)10(11)12/h7-9H,3-6H2,1-2H3,(H,11,12)/t7?,8-,9?/m1/s1. The molecule has 0 bridgehead atoms. The zero-order valence-electron chi connectivity index (χ0n) is 8.32. The number of carbonyl (C=O) groups is 1. The van der Waals surface area contributed by atoms with Gasteiger partial charge in [-0.1, -0.05) is 6.92 Å². The number of aliphatic carboxylic acids is 1. The van der Waals surface area contributed by atoms with E-state index in [1.807, 2.05) is 0 Å². The molecule has 0 radical (unpaired) electrons. The molecule has 76 valence electrons. The van der Waals surface area contributed by atoms with E-state index in [9.17, 15) is 4.79 Å². The molecular weight excluding hydrogens is 168 g/mol. The smallest absolute Gasteiger partial charge is 0.332 e. The first kappa shape index (κ1) is 10.5. The second-order valence-corrected chi connectivity index (χ2v) is 4.00. The Morgan fingerprint density at radius 3 is 2.38 bits per heavy atom. The van der Waals surface area contributed by atoms with Crippen molar-refractivity contribution in [2.75, 3.05) is 0 Å². The van der Waals surface area contributed by atoms with Crippen LogP contribution in [0.5, 0.6) is 0 Å². The number of hydrogen-bond acceptors (Lipinski definition) is 2. The molecule has 13 heavy (non-hydrogen) atoms. The van der Waals surface area contributed by atoms with Crippen LogP contribution < -0.4 is 0 Å². The number of carboxylic acids is 1. The van der Waals surface area contributed by atoms with Gasteiger partial charge >= 0.3 is 5.97 Å². The lowest BCUT2D eigenvalue weighted by atomic mass is 9.89. The fourth-order valence-corrected chi connectivity index (χ4v) is 1.71. The molecule has 1 saturated carbocycles. The lowest BCUT2D eigenvalue weighted by molar-refractivity contribution is -0.154. The molecular formula is C10H18O3. The van der Waals surface area contributed by atoms with Crippen molar-refractivity contribution >= 4 is 5.97 Å². The van der Waals surface area contributed by atoms with E-state index in [1.54, 1.807) is 6.92 Å². The lowest BCUT2D eigenvalue weighted by Crippen LogP contribution is -2.29. The van der Waals surface area contributed by atoms with Gasteiger partial charge in [0.1, 0.15) is 0 Å². The van der Waals surface area contributed by atoms with Crippen molar-refractivity contribution in [2.45, 2.75) is 51.7 Å². The highest BCUT2D eigenvalue weighted by Crippen LogP contribution is 2.26. The first-order chi connectivity index (χ1) is 6.09. The normalized spacial score (nSPS) is 31.2. The Morgan fingerprint density at radius 2 is 1.92 bits per heavy atom. The maximum absolute atomic E-state index is 10.5. The minimum atomic E-state index is -0.862. The quantitative estimate of drug-likeness (QED) is 0.733. The third kappa shape index (κ3) is 3.35. The second-order valence-electron chi connectivity index (χ2n) is 4.00. The summed E-state index contributed by atoms with van der Waals surface area (Å²) in [5.74, 6) is -0.0846. The van der Waals surface area contributed by atoms with Gasteiger partial charge in [-0.25, -0.2) is 4.79 Å². The summed E-state index contributed by atoms with van der Waals surface area (Å²) in [5, 5.41) is 8.64. The molecule has 1 atom stereocenters. The van der Waals surface area contributed by atoms with E-state index in [1.165, 1.54) is 0 Å². The first-order valence-corrected chi connectivity index (χ1v) is 4.98. The molecule has 1 aliphatic carbocycles. The largest absolute Gasteiger partial charge is 0.479 e. The maximum Gasteiger partial charge on any atom is 0.332 e. The summed E-state index contributed by atoms with van der Waals surface area (Å²) < 4.78 is 5.40. The summed E-state index contributed by atoms with van der Waals surface area (Å²) in [6.07, 6.45) is 3.87. The molecule has 0 heterocycles. The Labute approximate surface area is 79.1 Å². The van der Waals surface area contributed by atoms with Crippen LogP contribution in [0.4, 0.5) is 0 Å². The summed E-state index contributed by atoms with van der Waals surface area (Å²) in [7, 11) is 0. The third-order valence-electron chi connectivity index (χ3n) is 2.71. The lowest BCUT2D eigenvalue weighted by Gasteiger charge is -2.27. The van der Waals surface area contributed by atoms with Crippen molar-refractivity contribution in [2.24, 2.45) is 5.92 Å². The van der Waals surface area contributed by atoms with E-state index in [0.29, 0.717) is 0 Å². The molecule has 3 heteroatoms. The van der Waals surface area contributed by atoms with Gasteiger partial charge in [0.05, 0.1) is 6.10 Å². The van der Waals surface area contributed by atoms with Crippen molar-refractivity contribution in [3.8, 4) is 0 Å². The van der Waals surface area contributed by atoms with Crippen molar-refractivity contribution in [1.82, 2.24) is 0 Å². The van der Waals surface area contributed by atoms with Crippen LogP contribution in [-0.2, 0) is 9.53 Å². The van der Waals surface area contributed by atoms with Gasteiger partial charge in [-0.05, 0) is 38.5 Å². The fraction of sp³-hybridized carbons (Fsp3) is 0.900. The van der Waals surface area contributed by atoms with Gasteiger partial charge in [-0.3, -0.25) is 0 Å². The van der Waals surface area contributed by atoms with Crippen molar-refractivity contribution in [3.05, 3.63) is 0 Å². The summed E-state index contributed by atoms with van der Waals surface area (Å²) in [5.41, 5.74) is 0. The summed E-state index contributed by atoms with van der Waals surface area (Å²) >= 11 is 0. The Morgan fingerprint density at radius 1 is 1.38 bits per heavy atom. The molecule has 1 N–H and O–H groups in total. The third-order valence-corrected chi connectivity index (χ3v) is 2.71. The monoisotopic (exact) mass is 186 g/mol. The van der Waals surface area contributed by atoms with E-state index in [-0.39, 0.29) is 6.10 Å². The van der Waals surface area contributed by atoms with Gasteiger partial charge in [0.2, 0.25) is 0 Å². The van der Waals surface area contributed by atoms with E-state index >= 15 is 0 Å². The van der Waals surface area contributed by atoms with Crippen LogP contribution in [0.3, 0.4) is 0 Å². The molecule has 3 nitrogen and oxygen atoms in total. The van der Waals surface area contributed by atoms with Gasteiger partial charge in [0.25, 0.3) is 0 Å². The summed E-state index contributed by atoms with van der Waals surface area (Å²) in [6, 6.07) is 0. The molecule has 0 aromatic rings. The predicted octanol–water partition coefficient (Wildman–Crippen LogP) is 2.05. The van der Waals surface area contributed by atoms with E-state index in [4.69, 9.17) is 9.84 Å². The zero-order valence-corrected chi connectivity index (χ0v) is 8.32. The SMILES string of the molecule is CC1CCC(O[C@H](C)C(=O)O)CC1. The summed E-state index contributed by atoms with van der Waals surface area (Å²) in [6.45, 7) is 3.83. The van der Waals surface area contributed by atoms with Gasteiger partial charge in [0, 0.05) is 0 Å². The van der Waals surface area contributed by atoms with Crippen LogP contribution in [-0.4, -0.2) is 23.3 Å². The molecule has 1 rings (SSSR count). The number of carboxylic acid groups (broad SMARTS) is 1. The zero-order chi connectivity index (χ0) is 9.84. The summed E-state index contributed by atoms with van der Waals surface area (Å²) in [4.78, 5) is 10.5. The Kier molecular flexibility index (Phi) is 3.72. The van der Waals surface area contributed by atoms with Crippen LogP contribution in [0, 0.1) is 5.92 Å². The Balaban J connectivity index is 2.26. The van der Waals surface area contributed by atoms with Gasteiger partial charge in [0.15, 0.2) is 6.10 Å². The minimum Gasteiger partial charge on any atom is -0.479 e. The highest BCUT2D eigenvalue weighted by molar-refractivity contribution is 5.71. The molecule has 0 amide bonds. The minimum absolute atomic E-state index is 0.169.